The minimum absolute atomic E-state index is 0.140. The molecule has 1 aliphatic heterocycles. The fourth-order valence-corrected chi connectivity index (χ4v) is 4.62. The SMILES string of the molecule is O=C(Nc1ccc2c(c1F)CCNC2)c1ccc2c(c1)[nH]c(=O)n2C1CCCC1. The normalized spacial score (nSPS) is 16.9. The Balaban J connectivity index is 1.44. The third-order valence-electron chi connectivity index (χ3n) is 6.12. The average Bonchev–Trinajstić information content (AvgIpc) is 3.36. The molecule has 2 aliphatic rings. The summed E-state index contributed by atoms with van der Waals surface area (Å²) in [4.78, 5) is 28.0. The van der Waals surface area contributed by atoms with Gasteiger partial charge in [-0.05, 0) is 61.2 Å². The van der Waals surface area contributed by atoms with Crippen LogP contribution in [0.1, 0.15) is 53.2 Å². The first-order valence-electron chi connectivity index (χ1n) is 10.2. The van der Waals surface area contributed by atoms with E-state index in [0.29, 0.717) is 29.6 Å². The highest BCUT2D eigenvalue weighted by Gasteiger charge is 2.22. The third kappa shape index (κ3) is 3.15. The maximum Gasteiger partial charge on any atom is 0.326 e. The lowest BCUT2D eigenvalue weighted by Crippen LogP contribution is -2.25. The molecular formula is C22H23FN4O2. The molecule has 0 unspecified atom stereocenters. The Kier molecular flexibility index (Phi) is 4.47. The molecule has 1 fully saturated rings. The van der Waals surface area contributed by atoms with Crippen LogP contribution in [0.4, 0.5) is 10.1 Å². The van der Waals surface area contributed by atoms with Gasteiger partial charge >= 0.3 is 5.69 Å². The monoisotopic (exact) mass is 394 g/mol. The van der Waals surface area contributed by atoms with E-state index in [1.54, 1.807) is 28.8 Å². The summed E-state index contributed by atoms with van der Waals surface area (Å²) in [6.45, 7) is 1.37. The summed E-state index contributed by atoms with van der Waals surface area (Å²) >= 11 is 0. The van der Waals surface area contributed by atoms with Crippen molar-refractivity contribution in [1.29, 1.82) is 0 Å². The maximum atomic E-state index is 14.8. The van der Waals surface area contributed by atoms with E-state index in [1.807, 2.05) is 6.07 Å². The number of hydrogen-bond acceptors (Lipinski definition) is 3. The Hall–Kier alpha value is -2.93. The molecule has 2 heterocycles. The molecule has 0 spiro atoms. The lowest BCUT2D eigenvalue weighted by Gasteiger charge is -2.19. The van der Waals surface area contributed by atoms with E-state index in [9.17, 15) is 14.0 Å². The molecule has 1 amide bonds. The van der Waals surface area contributed by atoms with Crippen molar-refractivity contribution in [3.63, 3.8) is 0 Å². The largest absolute Gasteiger partial charge is 0.326 e. The Labute approximate surface area is 167 Å². The number of aromatic nitrogens is 2. The van der Waals surface area contributed by atoms with Gasteiger partial charge in [-0.25, -0.2) is 9.18 Å². The van der Waals surface area contributed by atoms with Gasteiger partial charge in [-0.3, -0.25) is 9.36 Å². The highest BCUT2D eigenvalue weighted by molar-refractivity contribution is 6.06. The first-order chi connectivity index (χ1) is 14.1. The van der Waals surface area contributed by atoms with Crippen molar-refractivity contribution < 1.29 is 9.18 Å². The van der Waals surface area contributed by atoms with Crippen molar-refractivity contribution in [2.75, 3.05) is 11.9 Å². The van der Waals surface area contributed by atoms with Crippen molar-refractivity contribution in [2.45, 2.75) is 44.7 Å². The van der Waals surface area contributed by atoms with Gasteiger partial charge < -0.3 is 15.6 Å². The van der Waals surface area contributed by atoms with Crippen molar-refractivity contribution >= 4 is 22.6 Å². The number of nitrogens with zero attached hydrogens (tertiary/aromatic N) is 1. The number of aromatic amines is 1. The molecule has 29 heavy (non-hydrogen) atoms. The molecule has 7 heteroatoms. The van der Waals surface area contributed by atoms with E-state index in [0.717, 1.165) is 43.3 Å². The quantitative estimate of drug-likeness (QED) is 0.636. The van der Waals surface area contributed by atoms with Crippen LogP contribution in [0, 0.1) is 5.82 Å². The van der Waals surface area contributed by atoms with Gasteiger partial charge in [0.1, 0.15) is 5.82 Å². The molecular weight excluding hydrogens is 371 g/mol. The van der Waals surface area contributed by atoms with Crippen LogP contribution in [0.3, 0.4) is 0 Å². The molecule has 0 bridgehead atoms. The number of benzene rings is 2. The summed E-state index contributed by atoms with van der Waals surface area (Å²) in [5.41, 5.74) is 3.47. The number of fused-ring (bicyclic) bond motifs is 2. The highest BCUT2D eigenvalue weighted by Crippen LogP contribution is 2.31. The summed E-state index contributed by atoms with van der Waals surface area (Å²) in [6.07, 6.45) is 4.87. The highest BCUT2D eigenvalue weighted by atomic mass is 19.1. The summed E-state index contributed by atoms with van der Waals surface area (Å²) < 4.78 is 16.6. The van der Waals surface area contributed by atoms with E-state index in [-0.39, 0.29) is 23.2 Å². The molecule has 1 aliphatic carbocycles. The Morgan fingerprint density at radius 1 is 1.17 bits per heavy atom. The van der Waals surface area contributed by atoms with Crippen LogP contribution in [0.5, 0.6) is 0 Å². The smallest absolute Gasteiger partial charge is 0.319 e. The standard InChI is InChI=1S/C22H23FN4O2/c23-20-16-9-10-24-12-14(16)5-7-17(20)25-21(28)13-6-8-19-18(11-13)26-22(29)27(19)15-3-1-2-4-15/h5-8,11,15,24H,1-4,9-10,12H2,(H,25,28)(H,26,29). The summed E-state index contributed by atoms with van der Waals surface area (Å²) in [7, 11) is 0. The molecule has 0 radical (unpaired) electrons. The summed E-state index contributed by atoms with van der Waals surface area (Å²) in [5.74, 6) is -0.756. The minimum Gasteiger partial charge on any atom is -0.319 e. The van der Waals surface area contributed by atoms with Crippen molar-refractivity contribution in [2.24, 2.45) is 0 Å². The zero-order chi connectivity index (χ0) is 20.0. The number of rotatable bonds is 3. The average molecular weight is 394 g/mol. The number of amides is 1. The lowest BCUT2D eigenvalue weighted by atomic mass is 9.99. The van der Waals surface area contributed by atoms with Gasteiger partial charge in [0.15, 0.2) is 0 Å². The minimum atomic E-state index is -0.394. The second kappa shape index (κ2) is 7.15. The van der Waals surface area contributed by atoms with Gasteiger partial charge in [0.05, 0.1) is 16.7 Å². The van der Waals surface area contributed by atoms with Gasteiger partial charge in [0.25, 0.3) is 5.91 Å². The van der Waals surface area contributed by atoms with Crippen LogP contribution >= 0.6 is 0 Å². The van der Waals surface area contributed by atoms with Crippen LogP contribution in [-0.4, -0.2) is 22.0 Å². The number of imidazole rings is 1. The maximum absolute atomic E-state index is 14.8. The van der Waals surface area contributed by atoms with E-state index in [1.165, 1.54) is 0 Å². The van der Waals surface area contributed by atoms with Gasteiger partial charge in [0, 0.05) is 18.2 Å². The predicted octanol–water partition coefficient (Wildman–Crippen LogP) is 3.48. The number of nitrogens with one attached hydrogen (secondary N) is 3. The molecule has 1 saturated carbocycles. The number of halogens is 1. The van der Waals surface area contributed by atoms with Crippen molar-refractivity contribution in [1.82, 2.24) is 14.9 Å². The van der Waals surface area contributed by atoms with E-state index >= 15 is 0 Å². The number of carbonyl (C=O) groups excluding carboxylic acids is 1. The Morgan fingerprint density at radius 2 is 2.00 bits per heavy atom. The van der Waals surface area contributed by atoms with E-state index in [4.69, 9.17) is 0 Å². The van der Waals surface area contributed by atoms with Crippen LogP contribution in [-0.2, 0) is 13.0 Å². The van der Waals surface area contributed by atoms with Crippen molar-refractivity contribution in [3.8, 4) is 0 Å². The summed E-state index contributed by atoms with van der Waals surface area (Å²) in [5, 5.41) is 5.90. The molecule has 5 rings (SSSR count). The fourth-order valence-electron chi connectivity index (χ4n) is 4.62. The lowest BCUT2D eigenvalue weighted by molar-refractivity contribution is 0.102. The van der Waals surface area contributed by atoms with E-state index < -0.39 is 5.91 Å². The second-order valence-electron chi connectivity index (χ2n) is 7.92. The molecule has 1 aromatic heterocycles. The number of anilines is 1. The predicted molar refractivity (Wildman–Crippen MR) is 110 cm³/mol. The number of H-pyrrole nitrogens is 1. The molecule has 0 saturated heterocycles. The van der Waals surface area contributed by atoms with Crippen molar-refractivity contribution in [3.05, 3.63) is 63.3 Å². The number of hydrogen-bond donors (Lipinski definition) is 3. The second-order valence-corrected chi connectivity index (χ2v) is 7.92. The van der Waals surface area contributed by atoms with Crippen LogP contribution in [0.15, 0.2) is 35.1 Å². The van der Waals surface area contributed by atoms with Gasteiger partial charge in [0.2, 0.25) is 0 Å². The van der Waals surface area contributed by atoms with Gasteiger partial charge in [-0.1, -0.05) is 18.9 Å². The third-order valence-corrected chi connectivity index (χ3v) is 6.12. The van der Waals surface area contributed by atoms with Gasteiger partial charge in [-0.2, -0.15) is 0 Å². The fraction of sp³-hybridized carbons (Fsp3) is 0.364. The van der Waals surface area contributed by atoms with Crippen LogP contribution in [0.25, 0.3) is 11.0 Å². The molecule has 0 atom stereocenters. The summed E-state index contributed by atoms with van der Waals surface area (Å²) in [6, 6.07) is 8.83. The first kappa shape index (κ1) is 18.1. The van der Waals surface area contributed by atoms with Gasteiger partial charge in [-0.15, -0.1) is 0 Å². The number of carbonyl (C=O) groups is 1. The Bertz CT molecular complexity index is 1160. The molecule has 150 valence electrons. The molecule has 2 aromatic carbocycles. The zero-order valence-corrected chi connectivity index (χ0v) is 16.1. The van der Waals surface area contributed by atoms with Crippen LogP contribution in [0.2, 0.25) is 0 Å². The van der Waals surface area contributed by atoms with Crippen LogP contribution < -0.4 is 16.3 Å². The van der Waals surface area contributed by atoms with E-state index in [2.05, 4.69) is 15.6 Å². The zero-order valence-electron chi connectivity index (χ0n) is 16.1. The Morgan fingerprint density at radius 3 is 2.83 bits per heavy atom. The topological polar surface area (TPSA) is 78.9 Å². The first-order valence-corrected chi connectivity index (χ1v) is 10.2. The molecule has 3 aromatic rings. The molecule has 3 N–H and O–H groups in total. The molecule has 6 nitrogen and oxygen atoms in total.